The monoisotopic (exact) mass is 449 g/mol. The summed E-state index contributed by atoms with van der Waals surface area (Å²) in [5.41, 5.74) is 0.637. The lowest BCUT2D eigenvalue weighted by molar-refractivity contribution is -0.136. The number of ether oxygens (including phenoxy) is 2. The molecule has 9 nitrogen and oxygen atoms in total. The molecule has 0 radical (unpaired) electrons. The minimum absolute atomic E-state index is 0.0159. The molecule has 33 heavy (non-hydrogen) atoms. The summed E-state index contributed by atoms with van der Waals surface area (Å²) >= 11 is 0. The maximum absolute atomic E-state index is 10.8. The van der Waals surface area contributed by atoms with Gasteiger partial charge in [0.25, 0.3) is 0 Å². The van der Waals surface area contributed by atoms with Crippen LogP contribution in [-0.4, -0.2) is 51.8 Å². The van der Waals surface area contributed by atoms with E-state index >= 15 is 0 Å². The van der Waals surface area contributed by atoms with Gasteiger partial charge in [0.2, 0.25) is 0 Å². The number of aromatic nitrogens is 3. The molecule has 0 unspecified atom stereocenters. The Morgan fingerprint density at radius 2 is 2.00 bits per heavy atom. The summed E-state index contributed by atoms with van der Waals surface area (Å²) in [5, 5.41) is 12.0. The van der Waals surface area contributed by atoms with Crippen molar-refractivity contribution in [2.24, 2.45) is 0 Å². The Balaban J connectivity index is 1.41. The summed E-state index contributed by atoms with van der Waals surface area (Å²) in [7, 11) is 0. The quantitative estimate of drug-likeness (QED) is 0.505. The van der Waals surface area contributed by atoms with E-state index in [1.165, 1.54) is 0 Å². The molecule has 0 saturated carbocycles. The second kappa shape index (κ2) is 10.6. The van der Waals surface area contributed by atoms with Crippen LogP contribution in [0.3, 0.4) is 0 Å². The molecule has 1 aliphatic rings. The van der Waals surface area contributed by atoms with Crippen LogP contribution in [-0.2, 0) is 11.2 Å². The van der Waals surface area contributed by atoms with Gasteiger partial charge in [-0.1, -0.05) is 18.2 Å². The number of aliphatic carboxylic acids is 1. The molecule has 1 aliphatic heterocycles. The highest BCUT2D eigenvalue weighted by Gasteiger charge is 2.24. The van der Waals surface area contributed by atoms with E-state index in [4.69, 9.17) is 14.6 Å². The van der Waals surface area contributed by atoms with Crippen molar-refractivity contribution >= 4 is 23.4 Å². The van der Waals surface area contributed by atoms with Crippen molar-refractivity contribution in [3.63, 3.8) is 0 Å². The first-order valence-corrected chi connectivity index (χ1v) is 11.0. The van der Waals surface area contributed by atoms with Crippen molar-refractivity contribution < 1.29 is 19.4 Å². The van der Waals surface area contributed by atoms with Gasteiger partial charge in [0.05, 0.1) is 32.0 Å². The van der Waals surface area contributed by atoms with Crippen molar-refractivity contribution in [1.29, 1.82) is 0 Å². The molecule has 172 valence electrons. The summed E-state index contributed by atoms with van der Waals surface area (Å²) in [6.45, 7) is 4.11. The minimum atomic E-state index is -0.888. The van der Waals surface area contributed by atoms with Gasteiger partial charge in [-0.15, -0.1) is 0 Å². The smallest absolute Gasteiger partial charge is 0.307 e. The molecule has 0 amide bonds. The average molecular weight is 450 g/mol. The Hall–Kier alpha value is -3.88. The number of hydrogen-bond donors (Lipinski definition) is 2. The largest absolute Gasteiger partial charge is 0.490 e. The zero-order valence-corrected chi connectivity index (χ0v) is 18.5. The van der Waals surface area contributed by atoms with Gasteiger partial charge in [-0.05, 0) is 43.5 Å². The van der Waals surface area contributed by atoms with E-state index in [0.29, 0.717) is 30.4 Å². The number of carbonyl (C=O) groups is 1. The van der Waals surface area contributed by atoms with Crippen LogP contribution >= 0.6 is 0 Å². The molecule has 1 fully saturated rings. The highest BCUT2D eigenvalue weighted by molar-refractivity contribution is 5.70. The van der Waals surface area contributed by atoms with Crippen LogP contribution in [0.1, 0.15) is 25.3 Å². The van der Waals surface area contributed by atoms with Crippen LogP contribution in [0, 0.1) is 0 Å². The second-order valence-corrected chi connectivity index (χ2v) is 7.72. The highest BCUT2D eigenvalue weighted by Crippen LogP contribution is 2.30. The Morgan fingerprint density at radius 1 is 1.15 bits per heavy atom. The van der Waals surface area contributed by atoms with Crippen molar-refractivity contribution in [2.75, 3.05) is 29.9 Å². The zero-order valence-electron chi connectivity index (χ0n) is 18.5. The molecule has 2 N–H and O–H groups in total. The first-order chi connectivity index (χ1) is 16.1. The summed E-state index contributed by atoms with van der Waals surface area (Å²) in [6.07, 6.45) is 6.80. The van der Waals surface area contributed by atoms with Crippen LogP contribution < -0.4 is 19.7 Å². The van der Waals surface area contributed by atoms with Gasteiger partial charge in [-0.3, -0.25) is 9.78 Å². The van der Waals surface area contributed by atoms with E-state index in [1.54, 1.807) is 30.7 Å². The van der Waals surface area contributed by atoms with E-state index in [2.05, 4.69) is 25.2 Å². The van der Waals surface area contributed by atoms with Crippen LogP contribution in [0.15, 0.2) is 55.0 Å². The fourth-order valence-corrected chi connectivity index (χ4v) is 3.72. The number of piperidine rings is 1. The first-order valence-electron chi connectivity index (χ1n) is 11.0. The van der Waals surface area contributed by atoms with Crippen LogP contribution in [0.2, 0.25) is 0 Å². The molecule has 0 bridgehead atoms. The summed E-state index contributed by atoms with van der Waals surface area (Å²) in [4.78, 5) is 26.3. The van der Waals surface area contributed by atoms with Crippen LogP contribution in [0.4, 0.5) is 17.5 Å². The lowest BCUT2D eigenvalue weighted by atomic mass is 10.1. The lowest BCUT2D eigenvalue weighted by Gasteiger charge is -2.33. The standard InChI is InChI=1S/C24H27N5O4/c1-2-32-19-7-3-4-8-20(19)33-18-6-5-11-29(16-18)23-15-25-14-22(28-23)27-21-10-9-17(13-26-21)12-24(30)31/h3-4,7-10,13-15,18H,2,5-6,11-12,16H2,1H3,(H,30,31)(H,26,27,28)/t18-/m1/s1. The van der Waals surface area contributed by atoms with Gasteiger partial charge in [0.15, 0.2) is 17.3 Å². The zero-order chi connectivity index (χ0) is 23.0. The molecular formula is C24H27N5O4. The highest BCUT2D eigenvalue weighted by atomic mass is 16.5. The minimum Gasteiger partial charge on any atom is -0.490 e. The van der Waals surface area contributed by atoms with E-state index in [-0.39, 0.29) is 12.5 Å². The normalized spacial score (nSPS) is 15.7. The van der Waals surface area contributed by atoms with E-state index in [1.807, 2.05) is 31.2 Å². The van der Waals surface area contributed by atoms with E-state index in [9.17, 15) is 4.79 Å². The Labute approximate surface area is 192 Å². The maximum Gasteiger partial charge on any atom is 0.307 e. The van der Waals surface area contributed by atoms with Gasteiger partial charge < -0.3 is 24.8 Å². The van der Waals surface area contributed by atoms with Gasteiger partial charge in [0.1, 0.15) is 17.7 Å². The van der Waals surface area contributed by atoms with Gasteiger partial charge >= 0.3 is 5.97 Å². The number of hydrogen-bond acceptors (Lipinski definition) is 8. The molecule has 1 atom stereocenters. The molecule has 3 aromatic rings. The lowest BCUT2D eigenvalue weighted by Crippen LogP contribution is -2.41. The van der Waals surface area contributed by atoms with E-state index in [0.717, 1.165) is 36.7 Å². The number of rotatable bonds is 9. The molecule has 4 rings (SSSR count). The molecule has 0 spiro atoms. The predicted molar refractivity (Wildman–Crippen MR) is 124 cm³/mol. The summed E-state index contributed by atoms with van der Waals surface area (Å²) in [5.74, 6) is 2.52. The Morgan fingerprint density at radius 3 is 2.76 bits per heavy atom. The Bertz CT molecular complexity index is 1080. The first kappa shape index (κ1) is 22.3. The number of anilines is 3. The van der Waals surface area contributed by atoms with Crippen molar-refractivity contribution in [2.45, 2.75) is 32.3 Å². The number of nitrogens with one attached hydrogen (secondary N) is 1. The summed E-state index contributed by atoms with van der Waals surface area (Å²) in [6, 6.07) is 11.2. The third kappa shape index (κ3) is 6.09. The second-order valence-electron chi connectivity index (χ2n) is 7.72. The third-order valence-electron chi connectivity index (χ3n) is 5.20. The molecule has 9 heteroatoms. The number of benzene rings is 1. The molecular weight excluding hydrogens is 422 g/mol. The maximum atomic E-state index is 10.8. The molecule has 3 heterocycles. The third-order valence-corrected chi connectivity index (χ3v) is 5.20. The molecule has 1 aromatic carbocycles. The van der Waals surface area contributed by atoms with Gasteiger partial charge in [0, 0.05) is 12.7 Å². The molecule has 2 aromatic heterocycles. The molecule has 0 aliphatic carbocycles. The fraction of sp³-hybridized carbons (Fsp3) is 0.333. The fourth-order valence-electron chi connectivity index (χ4n) is 3.72. The topological polar surface area (TPSA) is 110 Å². The predicted octanol–water partition coefficient (Wildman–Crippen LogP) is 3.69. The average Bonchev–Trinajstić information content (AvgIpc) is 2.82. The SMILES string of the molecule is CCOc1ccccc1O[C@@H]1CCCN(c2cncc(Nc3ccc(CC(=O)O)cn3)n2)C1. The number of carboxylic acids is 1. The number of para-hydroxylation sites is 2. The van der Waals surface area contributed by atoms with Crippen LogP contribution in [0.5, 0.6) is 11.5 Å². The number of pyridine rings is 1. The summed E-state index contributed by atoms with van der Waals surface area (Å²) < 4.78 is 12.0. The molecule has 1 saturated heterocycles. The Kier molecular flexibility index (Phi) is 7.19. The number of nitrogens with zero attached hydrogens (tertiary/aromatic N) is 4. The van der Waals surface area contributed by atoms with Crippen LogP contribution in [0.25, 0.3) is 0 Å². The van der Waals surface area contributed by atoms with Crippen molar-refractivity contribution in [3.8, 4) is 11.5 Å². The van der Waals surface area contributed by atoms with Gasteiger partial charge in [-0.2, -0.15) is 0 Å². The van der Waals surface area contributed by atoms with Crippen molar-refractivity contribution in [1.82, 2.24) is 15.0 Å². The van der Waals surface area contributed by atoms with Gasteiger partial charge in [-0.25, -0.2) is 9.97 Å². The van der Waals surface area contributed by atoms with Crippen molar-refractivity contribution in [3.05, 3.63) is 60.6 Å². The van der Waals surface area contributed by atoms with E-state index < -0.39 is 5.97 Å². The number of carboxylic acid groups (broad SMARTS) is 1.